The molecule has 1 aliphatic heterocycles. The molecule has 2 heterocycles. The van der Waals surface area contributed by atoms with Crippen LogP contribution >= 0.6 is 11.3 Å². The fourth-order valence-electron chi connectivity index (χ4n) is 1.93. The third-order valence-corrected chi connectivity index (χ3v) is 3.80. The van der Waals surface area contributed by atoms with Gasteiger partial charge in [0.15, 0.2) is 0 Å². The number of rotatable bonds is 2. The topological polar surface area (TPSA) is 41.5 Å². The number of hydrazone groups is 1. The van der Waals surface area contributed by atoms with E-state index in [1.54, 1.807) is 11.3 Å². The van der Waals surface area contributed by atoms with Crippen molar-refractivity contribution in [1.82, 2.24) is 5.43 Å². The van der Waals surface area contributed by atoms with E-state index >= 15 is 0 Å². The first-order valence-corrected chi connectivity index (χ1v) is 6.55. The molecule has 0 bridgehead atoms. The van der Waals surface area contributed by atoms with Gasteiger partial charge in [0.05, 0.1) is 5.71 Å². The highest BCUT2D eigenvalue weighted by Gasteiger charge is 2.18. The Bertz CT molecular complexity index is 499. The second kappa shape index (κ2) is 4.84. The monoisotopic (exact) mass is 248 g/mol. The summed E-state index contributed by atoms with van der Waals surface area (Å²) >= 11 is 1.75. The Morgan fingerprint density at radius 1 is 1.65 bits per heavy atom. The van der Waals surface area contributed by atoms with Crippen molar-refractivity contribution in [3.8, 4) is 0 Å². The zero-order valence-electron chi connectivity index (χ0n) is 10.3. The van der Waals surface area contributed by atoms with Gasteiger partial charge in [0.2, 0.25) is 5.91 Å². The summed E-state index contributed by atoms with van der Waals surface area (Å²) in [6, 6.07) is 2.12. The van der Waals surface area contributed by atoms with Gasteiger partial charge in [-0.15, -0.1) is 11.3 Å². The summed E-state index contributed by atoms with van der Waals surface area (Å²) in [5.74, 6) is 0.191. The van der Waals surface area contributed by atoms with Crippen LogP contribution in [0.2, 0.25) is 0 Å². The molecule has 17 heavy (non-hydrogen) atoms. The number of nitrogens with one attached hydrogen (secondary N) is 1. The maximum atomic E-state index is 11.2. The van der Waals surface area contributed by atoms with E-state index in [4.69, 9.17) is 0 Å². The number of allylic oxidation sites excluding steroid dienone is 2. The number of thiophene rings is 1. The first-order valence-electron chi connectivity index (χ1n) is 5.67. The molecular formula is C13H16N2OS. The summed E-state index contributed by atoms with van der Waals surface area (Å²) in [6.07, 6.45) is 2.59. The fourth-order valence-corrected chi connectivity index (χ4v) is 2.70. The van der Waals surface area contributed by atoms with Crippen LogP contribution in [0.4, 0.5) is 0 Å². The molecule has 2 rings (SSSR count). The van der Waals surface area contributed by atoms with E-state index in [2.05, 4.69) is 41.9 Å². The Morgan fingerprint density at radius 2 is 2.41 bits per heavy atom. The molecule has 1 N–H and O–H groups in total. The molecule has 0 spiro atoms. The standard InChI is InChI=1S/C13H16N2OS/c1-8(11-4-5-17-10(11)3)6-12-9(2)7-13(16)15-14-12/h4-6,9H,7H2,1-3H3,(H,15,16). The Kier molecular flexibility index (Phi) is 3.43. The molecule has 1 amide bonds. The van der Waals surface area contributed by atoms with Crippen LogP contribution in [0.1, 0.15) is 30.7 Å². The lowest BCUT2D eigenvalue weighted by atomic mass is 9.96. The van der Waals surface area contributed by atoms with E-state index in [1.165, 1.54) is 16.0 Å². The first-order chi connectivity index (χ1) is 8.08. The SMILES string of the molecule is CC(=CC1=NNC(=O)CC1C)c1ccsc1C. The van der Waals surface area contributed by atoms with Crippen LogP contribution in [-0.4, -0.2) is 11.6 Å². The predicted octanol–water partition coefficient (Wildman–Crippen LogP) is 2.97. The van der Waals surface area contributed by atoms with Gasteiger partial charge in [-0.05, 0) is 42.5 Å². The van der Waals surface area contributed by atoms with Crippen LogP contribution < -0.4 is 5.43 Å². The minimum atomic E-state index is -0.000910. The van der Waals surface area contributed by atoms with Crippen molar-refractivity contribution >= 4 is 28.5 Å². The minimum absolute atomic E-state index is 0.000910. The maximum absolute atomic E-state index is 11.2. The van der Waals surface area contributed by atoms with E-state index < -0.39 is 0 Å². The highest BCUT2D eigenvalue weighted by atomic mass is 32.1. The quantitative estimate of drug-likeness (QED) is 0.859. The van der Waals surface area contributed by atoms with Gasteiger partial charge in [-0.2, -0.15) is 5.10 Å². The molecule has 1 atom stereocenters. The summed E-state index contributed by atoms with van der Waals surface area (Å²) in [4.78, 5) is 12.5. The predicted molar refractivity (Wildman–Crippen MR) is 72.1 cm³/mol. The van der Waals surface area contributed by atoms with Crippen molar-refractivity contribution in [3.63, 3.8) is 0 Å². The van der Waals surface area contributed by atoms with Crippen molar-refractivity contribution in [2.24, 2.45) is 11.0 Å². The fraction of sp³-hybridized carbons (Fsp3) is 0.385. The molecule has 1 unspecified atom stereocenters. The molecule has 0 aromatic carbocycles. The van der Waals surface area contributed by atoms with Gasteiger partial charge in [0.25, 0.3) is 0 Å². The van der Waals surface area contributed by atoms with Gasteiger partial charge in [-0.25, -0.2) is 5.43 Å². The molecule has 0 saturated heterocycles. The van der Waals surface area contributed by atoms with Crippen molar-refractivity contribution in [2.75, 3.05) is 0 Å². The third kappa shape index (κ3) is 2.64. The smallest absolute Gasteiger partial charge is 0.240 e. The number of carbonyl (C=O) groups is 1. The first kappa shape index (κ1) is 12.0. The molecule has 0 fully saturated rings. The number of amides is 1. The number of carbonyl (C=O) groups excluding carboxylic acids is 1. The van der Waals surface area contributed by atoms with Crippen molar-refractivity contribution < 1.29 is 4.79 Å². The van der Waals surface area contributed by atoms with E-state index in [0.29, 0.717) is 6.42 Å². The summed E-state index contributed by atoms with van der Waals surface area (Å²) in [5, 5.41) is 6.21. The van der Waals surface area contributed by atoms with E-state index in [-0.39, 0.29) is 11.8 Å². The Hall–Kier alpha value is -1.42. The van der Waals surface area contributed by atoms with Crippen LogP contribution in [0, 0.1) is 12.8 Å². The highest BCUT2D eigenvalue weighted by Crippen LogP contribution is 2.24. The average Bonchev–Trinajstić information content (AvgIpc) is 2.68. The zero-order valence-corrected chi connectivity index (χ0v) is 11.1. The molecular weight excluding hydrogens is 232 g/mol. The number of nitrogens with zero attached hydrogens (tertiary/aromatic N) is 1. The van der Waals surface area contributed by atoms with Crippen molar-refractivity contribution in [2.45, 2.75) is 27.2 Å². The molecule has 1 aromatic heterocycles. The maximum Gasteiger partial charge on any atom is 0.240 e. The molecule has 0 aliphatic carbocycles. The van der Waals surface area contributed by atoms with E-state index in [1.807, 2.05) is 6.92 Å². The second-order valence-corrected chi connectivity index (χ2v) is 5.51. The van der Waals surface area contributed by atoms with Gasteiger partial charge >= 0.3 is 0 Å². The van der Waals surface area contributed by atoms with Crippen LogP contribution in [-0.2, 0) is 4.79 Å². The molecule has 3 nitrogen and oxygen atoms in total. The second-order valence-electron chi connectivity index (χ2n) is 4.39. The summed E-state index contributed by atoms with van der Waals surface area (Å²) < 4.78 is 0. The van der Waals surface area contributed by atoms with E-state index in [9.17, 15) is 4.79 Å². The third-order valence-electron chi connectivity index (χ3n) is 2.95. The molecule has 90 valence electrons. The van der Waals surface area contributed by atoms with Gasteiger partial charge < -0.3 is 0 Å². The van der Waals surface area contributed by atoms with Crippen LogP contribution in [0.3, 0.4) is 0 Å². The normalized spacial score (nSPS) is 21.1. The lowest BCUT2D eigenvalue weighted by Gasteiger charge is -2.17. The van der Waals surface area contributed by atoms with E-state index in [0.717, 1.165) is 5.71 Å². The van der Waals surface area contributed by atoms with Gasteiger partial charge in [0, 0.05) is 17.2 Å². The zero-order chi connectivity index (χ0) is 12.4. The van der Waals surface area contributed by atoms with Crippen LogP contribution in [0.25, 0.3) is 5.57 Å². The van der Waals surface area contributed by atoms with Crippen molar-refractivity contribution in [3.05, 3.63) is 28.0 Å². The van der Waals surface area contributed by atoms with Crippen LogP contribution in [0.5, 0.6) is 0 Å². The van der Waals surface area contributed by atoms with Gasteiger partial charge in [0.1, 0.15) is 0 Å². The number of hydrogen-bond donors (Lipinski definition) is 1. The largest absolute Gasteiger partial charge is 0.273 e. The highest BCUT2D eigenvalue weighted by molar-refractivity contribution is 7.10. The minimum Gasteiger partial charge on any atom is -0.273 e. The molecule has 4 heteroatoms. The lowest BCUT2D eigenvalue weighted by Crippen LogP contribution is -2.30. The molecule has 1 aromatic rings. The van der Waals surface area contributed by atoms with Gasteiger partial charge in [-0.3, -0.25) is 4.79 Å². The van der Waals surface area contributed by atoms with Crippen molar-refractivity contribution in [1.29, 1.82) is 0 Å². The summed E-state index contributed by atoms with van der Waals surface area (Å²) in [6.45, 7) is 6.23. The van der Waals surface area contributed by atoms with Crippen LogP contribution in [0.15, 0.2) is 22.6 Å². The molecule has 0 saturated carbocycles. The Labute approximate surface area is 105 Å². The lowest BCUT2D eigenvalue weighted by molar-refractivity contribution is -0.121. The average molecular weight is 248 g/mol. The Balaban J connectivity index is 2.25. The Morgan fingerprint density at radius 3 is 3.00 bits per heavy atom. The number of hydrogen-bond acceptors (Lipinski definition) is 3. The number of aryl methyl sites for hydroxylation is 1. The molecule has 0 radical (unpaired) electrons. The summed E-state index contributed by atoms with van der Waals surface area (Å²) in [7, 11) is 0. The molecule has 1 aliphatic rings. The summed E-state index contributed by atoms with van der Waals surface area (Å²) in [5.41, 5.74) is 5.95. The van der Waals surface area contributed by atoms with Gasteiger partial charge in [-0.1, -0.05) is 6.92 Å².